The predicted octanol–water partition coefficient (Wildman–Crippen LogP) is 2.75. The van der Waals surface area contributed by atoms with Crippen LogP contribution in [-0.4, -0.2) is 41.4 Å². The lowest BCUT2D eigenvalue weighted by molar-refractivity contribution is -0.402. The largest absolute Gasteiger partial charge is 0.444 e. The van der Waals surface area contributed by atoms with E-state index in [1.54, 1.807) is 20.8 Å². The van der Waals surface area contributed by atoms with E-state index < -0.39 is 34.5 Å². The Labute approximate surface area is 178 Å². The highest BCUT2D eigenvalue weighted by molar-refractivity contribution is 5.87. The van der Waals surface area contributed by atoms with Gasteiger partial charge in [0.2, 0.25) is 0 Å². The van der Waals surface area contributed by atoms with E-state index in [-0.39, 0.29) is 19.0 Å². The smallest absolute Gasteiger partial charge is 0.433 e. The van der Waals surface area contributed by atoms with Crippen molar-refractivity contribution < 1.29 is 28.4 Å². The summed E-state index contributed by atoms with van der Waals surface area (Å²) in [4.78, 5) is 34.5. The maximum atomic E-state index is 12.5. The van der Waals surface area contributed by atoms with Gasteiger partial charge in [-0.15, -0.1) is 0 Å². The van der Waals surface area contributed by atoms with Gasteiger partial charge in [0.15, 0.2) is 5.76 Å². The zero-order valence-corrected chi connectivity index (χ0v) is 17.4. The van der Waals surface area contributed by atoms with Crippen LogP contribution < -0.4 is 10.7 Å². The first-order valence-electron chi connectivity index (χ1n) is 9.32. The van der Waals surface area contributed by atoms with Crippen molar-refractivity contribution in [1.29, 1.82) is 0 Å². The molecular weight excluding hydrogens is 408 g/mol. The molecule has 0 saturated heterocycles. The van der Waals surface area contributed by atoms with E-state index in [9.17, 15) is 19.7 Å². The van der Waals surface area contributed by atoms with Crippen molar-refractivity contribution in [3.8, 4) is 0 Å². The summed E-state index contributed by atoms with van der Waals surface area (Å²) in [5, 5.41) is 16.8. The fraction of sp³-hybridized carbons (Fsp3) is 0.350. The molecule has 166 valence electrons. The second kappa shape index (κ2) is 10.9. The summed E-state index contributed by atoms with van der Waals surface area (Å²) in [6.07, 6.45) is 0.307. The molecule has 0 aliphatic heterocycles. The molecule has 1 atom stereocenters. The first-order valence-corrected chi connectivity index (χ1v) is 9.32. The van der Waals surface area contributed by atoms with Crippen LogP contribution in [-0.2, 0) is 20.9 Å². The molecule has 0 aliphatic rings. The van der Waals surface area contributed by atoms with Gasteiger partial charge in [0.25, 0.3) is 5.91 Å². The van der Waals surface area contributed by atoms with Gasteiger partial charge in [-0.25, -0.2) is 10.2 Å². The molecule has 1 aromatic heterocycles. The quantitative estimate of drug-likeness (QED) is 0.352. The normalized spacial score (nSPS) is 12.4. The average molecular weight is 432 g/mol. The van der Waals surface area contributed by atoms with Crippen LogP contribution in [0.1, 0.15) is 32.1 Å². The van der Waals surface area contributed by atoms with Gasteiger partial charge in [0, 0.05) is 0 Å². The Morgan fingerprint density at radius 1 is 1.23 bits per heavy atom. The number of rotatable bonds is 9. The minimum absolute atomic E-state index is 0.0731. The number of carbonyl (C=O) groups is 2. The second-order valence-corrected chi connectivity index (χ2v) is 7.37. The minimum atomic E-state index is -1.10. The highest BCUT2D eigenvalue weighted by Crippen LogP contribution is 2.13. The molecule has 2 N–H and O–H groups in total. The summed E-state index contributed by atoms with van der Waals surface area (Å²) in [7, 11) is 0. The third kappa shape index (κ3) is 8.66. The number of nitrogens with one attached hydrogen (secondary N) is 2. The fourth-order valence-electron chi connectivity index (χ4n) is 2.25. The highest BCUT2D eigenvalue weighted by atomic mass is 16.6. The van der Waals surface area contributed by atoms with Crippen LogP contribution in [0.3, 0.4) is 0 Å². The highest BCUT2D eigenvalue weighted by Gasteiger charge is 2.24. The lowest BCUT2D eigenvalue weighted by atomic mass is 10.2. The summed E-state index contributed by atoms with van der Waals surface area (Å²) >= 11 is 0. The van der Waals surface area contributed by atoms with Gasteiger partial charge >= 0.3 is 12.0 Å². The van der Waals surface area contributed by atoms with Crippen molar-refractivity contribution >= 4 is 24.1 Å². The molecule has 0 spiro atoms. The zero-order valence-electron chi connectivity index (χ0n) is 17.4. The number of benzene rings is 1. The number of amides is 2. The Hall–Kier alpha value is -3.73. The summed E-state index contributed by atoms with van der Waals surface area (Å²) in [6.45, 7) is 5.18. The molecule has 0 radical (unpaired) electrons. The summed E-state index contributed by atoms with van der Waals surface area (Å²) in [6, 6.07) is 10.7. The van der Waals surface area contributed by atoms with Crippen molar-refractivity contribution in [1.82, 2.24) is 10.7 Å². The number of furan rings is 1. The lowest BCUT2D eigenvalue weighted by Gasteiger charge is -2.22. The van der Waals surface area contributed by atoms with Gasteiger partial charge in [-0.3, -0.25) is 14.9 Å². The Kier molecular flexibility index (Phi) is 8.26. The number of hydrogen-bond acceptors (Lipinski definition) is 8. The summed E-state index contributed by atoms with van der Waals surface area (Å²) in [5.41, 5.74) is 2.39. The number of alkyl carbamates (subject to hydrolysis) is 1. The Balaban J connectivity index is 1.97. The van der Waals surface area contributed by atoms with Crippen LogP contribution in [0.4, 0.5) is 10.7 Å². The molecule has 1 aromatic carbocycles. The van der Waals surface area contributed by atoms with Crippen LogP contribution >= 0.6 is 0 Å². The van der Waals surface area contributed by atoms with Gasteiger partial charge in [-0.2, -0.15) is 5.10 Å². The van der Waals surface area contributed by atoms with Gasteiger partial charge in [0.05, 0.1) is 25.5 Å². The number of carbonyl (C=O) groups excluding carboxylic acids is 2. The molecule has 0 unspecified atom stereocenters. The van der Waals surface area contributed by atoms with Crippen LogP contribution in [0.5, 0.6) is 0 Å². The average Bonchev–Trinajstić information content (AvgIpc) is 3.16. The molecule has 31 heavy (non-hydrogen) atoms. The van der Waals surface area contributed by atoms with E-state index in [1.165, 1.54) is 6.07 Å². The van der Waals surface area contributed by atoms with Crippen molar-refractivity contribution in [2.24, 2.45) is 5.10 Å². The molecule has 2 rings (SSSR count). The molecule has 11 heteroatoms. The maximum absolute atomic E-state index is 12.5. The SMILES string of the molecule is CC(C)(C)OC(=O)N[C@@H](COCc1ccccc1)C(=O)N/N=C\c1ccc([N+](=O)[O-])o1. The van der Waals surface area contributed by atoms with Crippen LogP contribution in [0.2, 0.25) is 0 Å². The molecule has 1 heterocycles. The number of hydrogen-bond donors (Lipinski definition) is 2. The summed E-state index contributed by atoms with van der Waals surface area (Å²) in [5.74, 6) is -1.05. The first-order chi connectivity index (χ1) is 14.6. The Bertz CT molecular complexity index is 919. The first kappa shape index (κ1) is 23.5. The van der Waals surface area contributed by atoms with Crippen molar-refractivity contribution in [3.63, 3.8) is 0 Å². The topological polar surface area (TPSA) is 145 Å². The molecular formula is C20H24N4O7. The minimum Gasteiger partial charge on any atom is -0.444 e. The van der Waals surface area contributed by atoms with Crippen LogP contribution in [0, 0.1) is 10.1 Å². The number of nitro groups is 1. The number of nitrogens with zero attached hydrogens (tertiary/aromatic N) is 2. The van der Waals surface area contributed by atoms with Gasteiger partial charge in [-0.05, 0) is 32.4 Å². The Morgan fingerprint density at radius 2 is 1.94 bits per heavy atom. The molecule has 0 saturated carbocycles. The predicted molar refractivity (Wildman–Crippen MR) is 110 cm³/mol. The third-order valence-electron chi connectivity index (χ3n) is 3.56. The lowest BCUT2D eigenvalue weighted by Crippen LogP contribution is -2.49. The second-order valence-electron chi connectivity index (χ2n) is 7.37. The van der Waals surface area contributed by atoms with E-state index in [1.807, 2.05) is 30.3 Å². The Morgan fingerprint density at radius 3 is 2.55 bits per heavy atom. The summed E-state index contributed by atoms with van der Waals surface area (Å²) < 4.78 is 15.6. The zero-order chi connectivity index (χ0) is 22.9. The van der Waals surface area contributed by atoms with E-state index >= 15 is 0 Å². The molecule has 2 aromatic rings. The molecule has 2 amide bonds. The van der Waals surface area contributed by atoms with Crippen LogP contribution in [0.25, 0.3) is 0 Å². The molecule has 0 bridgehead atoms. The van der Waals surface area contributed by atoms with Crippen molar-refractivity contribution in [2.75, 3.05) is 6.61 Å². The van der Waals surface area contributed by atoms with Gasteiger partial charge < -0.3 is 19.2 Å². The van der Waals surface area contributed by atoms with E-state index in [0.717, 1.165) is 17.8 Å². The molecule has 11 nitrogen and oxygen atoms in total. The molecule has 0 aliphatic carbocycles. The molecule has 0 fully saturated rings. The fourth-order valence-corrected chi connectivity index (χ4v) is 2.25. The van der Waals surface area contributed by atoms with E-state index in [2.05, 4.69) is 15.8 Å². The van der Waals surface area contributed by atoms with E-state index in [4.69, 9.17) is 13.9 Å². The van der Waals surface area contributed by atoms with Gasteiger partial charge in [-0.1, -0.05) is 30.3 Å². The third-order valence-corrected chi connectivity index (χ3v) is 3.56. The monoisotopic (exact) mass is 432 g/mol. The number of ether oxygens (including phenoxy) is 2. The van der Waals surface area contributed by atoms with Crippen molar-refractivity contribution in [3.05, 3.63) is 63.9 Å². The van der Waals surface area contributed by atoms with E-state index in [0.29, 0.717) is 0 Å². The maximum Gasteiger partial charge on any atom is 0.433 e. The van der Waals surface area contributed by atoms with Crippen LogP contribution in [0.15, 0.2) is 52.0 Å². The van der Waals surface area contributed by atoms with Crippen molar-refractivity contribution in [2.45, 2.75) is 39.0 Å². The van der Waals surface area contributed by atoms with Gasteiger partial charge in [0.1, 0.15) is 16.6 Å². The number of hydrazone groups is 1. The standard InChI is InChI=1S/C20H24N4O7/c1-20(2,3)31-19(26)22-16(13-29-12-14-7-5-4-6-8-14)18(25)23-21-11-15-9-10-17(30-15)24(27)28/h4-11,16H,12-13H2,1-3H3,(H,22,26)(H,23,25)/b21-11-/t16-/m0/s1.